The van der Waals surface area contributed by atoms with E-state index >= 15 is 0 Å². The minimum absolute atomic E-state index is 0. The molecule has 0 heterocycles. The standard InChI is InChI=1S/C4H6O6.Co/c5-1(3(7)8)2(6)4(9)10;/h1-2,5-6H,(H,7,8)(H,9,10);. The van der Waals surface area contributed by atoms with Crippen LogP contribution in [0.3, 0.4) is 0 Å². The summed E-state index contributed by atoms with van der Waals surface area (Å²) < 4.78 is 0. The second-order valence-corrected chi connectivity index (χ2v) is 1.57. The molecule has 2 unspecified atom stereocenters. The molecule has 0 aromatic heterocycles. The van der Waals surface area contributed by atoms with Crippen molar-refractivity contribution in [3.63, 3.8) is 0 Å². The van der Waals surface area contributed by atoms with E-state index in [-0.39, 0.29) is 16.8 Å². The molecule has 0 aliphatic heterocycles. The van der Waals surface area contributed by atoms with Crippen LogP contribution in [0.2, 0.25) is 0 Å². The maximum absolute atomic E-state index is 9.77. The molecule has 0 spiro atoms. The van der Waals surface area contributed by atoms with Crippen molar-refractivity contribution in [3.05, 3.63) is 0 Å². The summed E-state index contributed by atoms with van der Waals surface area (Å²) in [6, 6.07) is 0. The fraction of sp³-hybridized carbons (Fsp3) is 0.500. The molecule has 0 fully saturated rings. The molecule has 0 saturated carbocycles. The minimum atomic E-state index is -2.27. The van der Waals surface area contributed by atoms with Gasteiger partial charge in [-0.15, -0.1) is 0 Å². The maximum Gasteiger partial charge on any atom is 0.335 e. The molecule has 7 heteroatoms. The number of rotatable bonds is 3. The van der Waals surface area contributed by atoms with E-state index in [0.29, 0.717) is 0 Å². The Bertz CT molecular complexity index is 139. The van der Waals surface area contributed by atoms with E-state index in [9.17, 15) is 9.59 Å². The molecule has 0 aromatic carbocycles. The van der Waals surface area contributed by atoms with Gasteiger partial charge >= 0.3 is 11.9 Å². The monoisotopic (exact) mass is 209 g/mol. The average Bonchev–Trinajstić information content (AvgIpc) is 1.84. The van der Waals surface area contributed by atoms with Crippen LogP contribution in [0, 0.1) is 0 Å². The molecule has 0 saturated heterocycles. The second-order valence-electron chi connectivity index (χ2n) is 1.57. The van der Waals surface area contributed by atoms with Gasteiger partial charge in [0.25, 0.3) is 0 Å². The van der Waals surface area contributed by atoms with Crippen LogP contribution >= 0.6 is 0 Å². The van der Waals surface area contributed by atoms with Gasteiger partial charge in [-0.3, -0.25) is 0 Å². The average molecular weight is 209 g/mol. The van der Waals surface area contributed by atoms with Crippen LogP contribution in [-0.2, 0) is 26.4 Å². The van der Waals surface area contributed by atoms with Gasteiger partial charge in [-0.1, -0.05) is 0 Å². The van der Waals surface area contributed by atoms with Crippen LogP contribution in [0.25, 0.3) is 0 Å². The predicted octanol–water partition coefficient (Wildman–Crippen LogP) is -2.13. The molecule has 4 N–H and O–H groups in total. The summed E-state index contributed by atoms with van der Waals surface area (Å²) in [5.74, 6) is -3.54. The zero-order valence-electron chi connectivity index (χ0n) is 5.09. The molecule has 0 amide bonds. The normalized spacial score (nSPS) is 14.4. The van der Waals surface area contributed by atoms with Crippen LogP contribution in [-0.4, -0.2) is 44.6 Å². The van der Waals surface area contributed by atoms with Crippen LogP contribution < -0.4 is 0 Å². The van der Waals surface area contributed by atoms with Crippen LogP contribution in [0.1, 0.15) is 0 Å². The van der Waals surface area contributed by atoms with Crippen molar-refractivity contribution in [2.75, 3.05) is 0 Å². The number of carboxylic acids is 2. The Hall–Kier alpha value is -0.634. The van der Waals surface area contributed by atoms with Crippen molar-refractivity contribution in [2.45, 2.75) is 12.2 Å². The van der Waals surface area contributed by atoms with Gasteiger partial charge < -0.3 is 20.4 Å². The van der Waals surface area contributed by atoms with Crippen molar-refractivity contribution >= 4 is 11.9 Å². The Morgan fingerprint density at radius 3 is 1.18 bits per heavy atom. The number of aliphatic hydroxyl groups excluding tert-OH is 2. The number of aliphatic hydroxyl groups is 2. The molecule has 2 atom stereocenters. The van der Waals surface area contributed by atoms with Gasteiger partial charge in [-0.25, -0.2) is 9.59 Å². The first-order chi connectivity index (χ1) is 4.46. The van der Waals surface area contributed by atoms with E-state index in [1.807, 2.05) is 0 Å². The maximum atomic E-state index is 9.77. The summed E-state index contributed by atoms with van der Waals surface area (Å²) in [4.78, 5) is 19.5. The zero-order valence-corrected chi connectivity index (χ0v) is 6.13. The molecule has 0 rings (SSSR count). The Balaban J connectivity index is 0. The second kappa shape index (κ2) is 5.07. The van der Waals surface area contributed by atoms with E-state index in [2.05, 4.69) is 0 Å². The first kappa shape index (κ1) is 13.0. The summed E-state index contributed by atoms with van der Waals surface area (Å²) >= 11 is 0. The quantitative estimate of drug-likeness (QED) is 0.422. The van der Waals surface area contributed by atoms with Crippen molar-refractivity contribution in [1.29, 1.82) is 0 Å². The number of carbonyl (C=O) groups is 2. The van der Waals surface area contributed by atoms with E-state index in [4.69, 9.17) is 20.4 Å². The first-order valence-electron chi connectivity index (χ1n) is 2.28. The third-order valence-electron chi connectivity index (χ3n) is 0.805. The smallest absolute Gasteiger partial charge is 0.335 e. The van der Waals surface area contributed by atoms with Gasteiger partial charge in [0.05, 0.1) is 0 Å². The Kier molecular flexibility index (Phi) is 5.99. The fourth-order valence-corrected chi connectivity index (χ4v) is 0.270. The molecule has 6 nitrogen and oxygen atoms in total. The molecule has 0 aromatic rings. The number of hydrogen-bond acceptors (Lipinski definition) is 4. The van der Waals surface area contributed by atoms with Gasteiger partial charge in [0.2, 0.25) is 0 Å². The van der Waals surface area contributed by atoms with E-state index in [1.54, 1.807) is 0 Å². The van der Waals surface area contributed by atoms with Crippen molar-refractivity contribution in [1.82, 2.24) is 0 Å². The molecule has 67 valence electrons. The largest absolute Gasteiger partial charge is 0.479 e. The zero-order chi connectivity index (χ0) is 8.31. The van der Waals surface area contributed by atoms with E-state index < -0.39 is 24.1 Å². The fourth-order valence-electron chi connectivity index (χ4n) is 0.270. The van der Waals surface area contributed by atoms with Crippen molar-refractivity contribution in [2.24, 2.45) is 0 Å². The van der Waals surface area contributed by atoms with Crippen molar-refractivity contribution in [3.8, 4) is 0 Å². The predicted molar refractivity (Wildman–Crippen MR) is 27.3 cm³/mol. The molecule has 0 aliphatic carbocycles. The third-order valence-corrected chi connectivity index (χ3v) is 0.805. The van der Waals surface area contributed by atoms with Gasteiger partial charge in [-0.05, 0) is 0 Å². The Morgan fingerprint density at radius 2 is 1.09 bits per heavy atom. The van der Waals surface area contributed by atoms with Gasteiger partial charge in [0.15, 0.2) is 12.2 Å². The first-order valence-corrected chi connectivity index (χ1v) is 2.28. The third kappa shape index (κ3) is 3.93. The van der Waals surface area contributed by atoms with Gasteiger partial charge in [-0.2, -0.15) is 0 Å². The number of hydrogen-bond donors (Lipinski definition) is 4. The molecule has 0 bridgehead atoms. The molecular weight excluding hydrogens is 203 g/mol. The topological polar surface area (TPSA) is 115 Å². The summed E-state index contributed by atoms with van der Waals surface area (Å²) in [5.41, 5.74) is 0. The molecule has 1 radical (unpaired) electrons. The number of aliphatic carboxylic acids is 2. The Morgan fingerprint density at radius 1 is 0.909 bits per heavy atom. The van der Waals surface area contributed by atoms with Crippen molar-refractivity contribution < 1.29 is 46.8 Å². The number of carboxylic acid groups (broad SMARTS) is 2. The SMILES string of the molecule is O=C(O)C(O)C(O)C(=O)O.[Co]. The summed E-state index contributed by atoms with van der Waals surface area (Å²) in [6.07, 6.45) is -4.53. The minimum Gasteiger partial charge on any atom is -0.479 e. The summed E-state index contributed by atoms with van der Waals surface area (Å²) in [7, 11) is 0. The van der Waals surface area contributed by atoms with E-state index in [1.165, 1.54) is 0 Å². The molecule has 0 aliphatic rings. The molecular formula is C4H6CoO6. The van der Waals surface area contributed by atoms with Crippen LogP contribution in [0.4, 0.5) is 0 Å². The summed E-state index contributed by atoms with van der Waals surface area (Å²) in [5, 5.41) is 32.5. The van der Waals surface area contributed by atoms with Gasteiger partial charge in [0, 0.05) is 16.8 Å². The van der Waals surface area contributed by atoms with Crippen LogP contribution in [0.15, 0.2) is 0 Å². The molecule has 11 heavy (non-hydrogen) atoms. The van der Waals surface area contributed by atoms with E-state index in [0.717, 1.165) is 0 Å². The van der Waals surface area contributed by atoms with Crippen LogP contribution in [0.5, 0.6) is 0 Å². The summed E-state index contributed by atoms with van der Waals surface area (Å²) in [6.45, 7) is 0. The Labute approximate surface area is 71.7 Å². The van der Waals surface area contributed by atoms with Gasteiger partial charge in [0.1, 0.15) is 0 Å².